The zero-order valence-corrected chi connectivity index (χ0v) is 10.7. The van der Waals surface area contributed by atoms with Crippen LogP contribution in [0.3, 0.4) is 0 Å². The molecule has 1 aliphatic rings. The van der Waals surface area contributed by atoms with Gasteiger partial charge in [0.25, 0.3) is 0 Å². The molecule has 0 saturated heterocycles. The third kappa shape index (κ3) is 2.04. The summed E-state index contributed by atoms with van der Waals surface area (Å²) in [6.45, 7) is 2.96. The first kappa shape index (κ1) is 11.0. The van der Waals surface area contributed by atoms with Crippen LogP contribution >= 0.6 is 15.9 Å². The van der Waals surface area contributed by atoms with E-state index in [0.29, 0.717) is 0 Å². The molecule has 0 fully saturated rings. The zero-order valence-electron chi connectivity index (χ0n) is 9.14. The highest BCUT2D eigenvalue weighted by molar-refractivity contribution is 9.10. The standard InChI is InChI=1S/C12H16BrNO/c1-3-12(8-15-2)7-9-6-10(13)4-5-11(9)14-12/h4-6,14H,3,7-8H2,1-2H3. The zero-order chi connectivity index (χ0) is 10.9. The van der Waals surface area contributed by atoms with Crippen molar-refractivity contribution in [1.82, 2.24) is 0 Å². The Bertz CT molecular complexity index is 367. The fourth-order valence-electron chi connectivity index (χ4n) is 2.20. The minimum absolute atomic E-state index is 0.0951. The van der Waals surface area contributed by atoms with Crippen molar-refractivity contribution in [3.05, 3.63) is 28.2 Å². The van der Waals surface area contributed by atoms with Crippen molar-refractivity contribution in [2.45, 2.75) is 25.3 Å². The normalized spacial score (nSPS) is 23.7. The average Bonchev–Trinajstić information content (AvgIpc) is 2.56. The van der Waals surface area contributed by atoms with Gasteiger partial charge in [0.15, 0.2) is 0 Å². The summed E-state index contributed by atoms with van der Waals surface area (Å²) in [5.41, 5.74) is 2.72. The molecule has 0 spiro atoms. The SMILES string of the molecule is CCC1(COC)Cc2cc(Br)ccc2N1. The molecule has 3 heteroatoms. The van der Waals surface area contributed by atoms with Gasteiger partial charge in [-0.15, -0.1) is 0 Å². The van der Waals surface area contributed by atoms with E-state index in [4.69, 9.17) is 4.74 Å². The summed E-state index contributed by atoms with van der Waals surface area (Å²) < 4.78 is 6.45. The lowest BCUT2D eigenvalue weighted by Gasteiger charge is -2.27. The molecule has 82 valence electrons. The highest BCUT2D eigenvalue weighted by atomic mass is 79.9. The minimum atomic E-state index is 0.0951. The smallest absolute Gasteiger partial charge is 0.0695 e. The maximum Gasteiger partial charge on any atom is 0.0695 e. The Balaban J connectivity index is 2.26. The Morgan fingerprint density at radius 3 is 3.00 bits per heavy atom. The van der Waals surface area contributed by atoms with Crippen LogP contribution in [0.25, 0.3) is 0 Å². The van der Waals surface area contributed by atoms with Crippen LogP contribution in [0.2, 0.25) is 0 Å². The van der Waals surface area contributed by atoms with Crippen LogP contribution in [0.1, 0.15) is 18.9 Å². The largest absolute Gasteiger partial charge is 0.382 e. The van der Waals surface area contributed by atoms with E-state index in [1.165, 1.54) is 11.3 Å². The van der Waals surface area contributed by atoms with E-state index in [-0.39, 0.29) is 5.54 Å². The van der Waals surface area contributed by atoms with Gasteiger partial charge in [-0.1, -0.05) is 22.9 Å². The first-order valence-corrected chi connectivity index (χ1v) is 6.04. The molecule has 0 saturated carbocycles. The molecule has 1 aliphatic heterocycles. The van der Waals surface area contributed by atoms with Crippen LogP contribution in [0.4, 0.5) is 5.69 Å². The van der Waals surface area contributed by atoms with Crippen LogP contribution in [0, 0.1) is 0 Å². The molecule has 2 rings (SSSR count). The van der Waals surface area contributed by atoms with E-state index in [9.17, 15) is 0 Å². The van der Waals surface area contributed by atoms with Crippen LogP contribution in [0.5, 0.6) is 0 Å². The van der Waals surface area contributed by atoms with Crippen molar-refractivity contribution in [2.24, 2.45) is 0 Å². The first-order chi connectivity index (χ1) is 7.19. The molecule has 1 aromatic carbocycles. The molecule has 0 aromatic heterocycles. The van der Waals surface area contributed by atoms with E-state index >= 15 is 0 Å². The summed E-state index contributed by atoms with van der Waals surface area (Å²) in [5.74, 6) is 0. The van der Waals surface area contributed by atoms with Crippen molar-refractivity contribution in [1.29, 1.82) is 0 Å². The van der Waals surface area contributed by atoms with Crippen molar-refractivity contribution in [3.8, 4) is 0 Å². The van der Waals surface area contributed by atoms with Gasteiger partial charge in [-0.3, -0.25) is 0 Å². The fraction of sp³-hybridized carbons (Fsp3) is 0.500. The molecule has 1 atom stereocenters. The molecule has 1 unspecified atom stereocenters. The molecule has 1 heterocycles. The van der Waals surface area contributed by atoms with Gasteiger partial charge in [0, 0.05) is 17.3 Å². The number of fused-ring (bicyclic) bond motifs is 1. The van der Waals surface area contributed by atoms with Gasteiger partial charge >= 0.3 is 0 Å². The predicted octanol–water partition coefficient (Wildman–Crippen LogP) is 3.21. The van der Waals surface area contributed by atoms with Crippen molar-refractivity contribution in [3.63, 3.8) is 0 Å². The van der Waals surface area contributed by atoms with Gasteiger partial charge < -0.3 is 10.1 Å². The van der Waals surface area contributed by atoms with Crippen molar-refractivity contribution < 1.29 is 4.74 Å². The summed E-state index contributed by atoms with van der Waals surface area (Å²) in [7, 11) is 1.76. The Morgan fingerprint density at radius 2 is 2.33 bits per heavy atom. The van der Waals surface area contributed by atoms with Gasteiger partial charge in [0.1, 0.15) is 0 Å². The van der Waals surface area contributed by atoms with E-state index in [0.717, 1.165) is 23.9 Å². The predicted molar refractivity (Wildman–Crippen MR) is 66.4 cm³/mol. The first-order valence-electron chi connectivity index (χ1n) is 5.25. The Morgan fingerprint density at radius 1 is 1.53 bits per heavy atom. The second-order valence-corrected chi connectivity index (χ2v) is 5.09. The molecule has 0 bridgehead atoms. The maximum atomic E-state index is 5.31. The molecule has 0 amide bonds. The Hall–Kier alpha value is -0.540. The summed E-state index contributed by atoms with van der Waals surface area (Å²) in [6, 6.07) is 6.40. The lowest BCUT2D eigenvalue weighted by atomic mass is 9.93. The number of ether oxygens (including phenoxy) is 1. The van der Waals surface area contributed by atoms with Crippen LogP contribution in [-0.4, -0.2) is 19.3 Å². The lowest BCUT2D eigenvalue weighted by molar-refractivity contribution is 0.143. The molecular formula is C12H16BrNO. The van der Waals surface area contributed by atoms with Crippen LogP contribution < -0.4 is 5.32 Å². The third-order valence-electron chi connectivity index (χ3n) is 3.09. The average molecular weight is 270 g/mol. The monoisotopic (exact) mass is 269 g/mol. The summed E-state index contributed by atoms with van der Waals surface area (Å²) >= 11 is 3.50. The van der Waals surface area contributed by atoms with Crippen LogP contribution in [0.15, 0.2) is 22.7 Å². The van der Waals surface area contributed by atoms with E-state index in [1.54, 1.807) is 7.11 Å². The van der Waals surface area contributed by atoms with E-state index in [1.807, 2.05) is 0 Å². The van der Waals surface area contributed by atoms with E-state index < -0.39 is 0 Å². The van der Waals surface area contributed by atoms with E-state index in [2.05, 4.69) is 46.4 Å². The molecular weight excluding hydrogens is 254 g/mol. The van der Waals surface area contributed by atoms with Crippen molar-refractivity contribution in [2.75, 3.05) is 19.0 Å². The third-order valence-corrected chi connectivity index (χ3v) is 3.59. The summed E-state index contributed by atoms with van der Waals surface area (Å²) in [6.07, 6.45) is 2.12. The Kier molecular flexibility index (Phi) is 3.03. The molecule has 2 nitrogen and oxygen atoms in total. The highest BCUT2D eigenvalue weighted by Gasteiger charge is 2.34. The molecule has 15 heavy (non-hydrogen) atoms. The van der Waals surface area contributed by atoms with Gasteiger partial charge in [0.2, 0.25) is 0 Å². The molecule has 0 aliphatic carbocycles. The fourth-order valence-corrected chi connectivity index (χ4v) is 2.61. The molecule has 0 radical (unpaired) electrons. The van der Waals surface area contributed by atoms with Crippen LogP contribution in [-0.2, 0) is 11.2 Å². The number of nitrogens with one attached hydrogen (secondary N) is 1. The lowest BCUT2D eigenvalue weighted by Crippen LogP contribution is -2.40. The van der Waals surface area contributed by atoms with Gasteiger partial charge in [-0.2, -0.15) is 0 Å². The quantitative estimate of drug-likeness (QED) is 0.910. The number of rotatable bonds is 3. The number of hydrogen-bond acceptors (Lipinski definition) is 2. The minimum Gasteiger partial charge on any atom is -0.382 e. The highest BCUT2D eigenvalue weighted by Crippen LogP contribution is 2.36. The van der Waals surface area contributed by atoms with Crippen molar-refractivity contribution >= 4 is 21.6 Å². The topological polar surface area (TPSA) is 21.3 Å². The molecule has 1 aromatic rings. The second kappa shape index (κ2) is 4.14. The number of hydrogen-bond donors (Lipinski definition) is 1. The number of methoxy groups -OCH3 is 1. The van der Waals surface area contributed by atoms with Gasteiger partial charge in [-0.25, -0.2) is 0 Å². The number of benzene rings is 1. The van der Waals surface area contributed by atoms with Gasteiger partial charge in [0.05, 0.1) is 12.1 Å². The Labute approximate surface area is 99.1 Å². The molecule has 1 N–H and O–H groups in total. The summed E-state index contributed by atoms with van der Waals surface area (Å²) in [5, 5.41) is 3.58. The second-order valence-electron chi connectivity index (χ2n) is 4.17. The maximum absolute atomic E-state index is 5.31. The number of anilines is 1. The van der Waals surface area contributed by atoms with Gasteiger partial charge in [-0.05, 0) is 36.6 Å². The summed E-state index contributed by atoms with van der Waals surface area (Å²) in [4.78, 5) is 0. The number of halogens is 1.